The topological polar surface area (TPSA) is 29.3 Å². The lowest BCUT2D eigenvalue weighted by Gasteiger charge is -2.34. The van der Waals surface area contributed by atoms with E-state index in [1.54, 1.807) is 0 Å². The third-order valence-corrected chi connectivity index (χ3v) is 4.19. The van der Waals surface area contributed by atoms with Crippen LogP contribution in [0.2, 0.25) is 0 Å². The molecule has 98 valence electrons. The lowest BCUT2D eigenvalue weighted by Crippen LogP contribution is -2.39. The maximum absolute atomic E-state index is 6.01. The van der Waals surface area contributed by atoms with Crippen LogP contribution in [0.5, 0.6) is 0 Å². The average Bonchev–Trinajstić information content (AvgIpc) is 2.58. The number of hydrogen-bond donors (Lipinski definition) is 1. The first kappa shape index (κ1) is 14.7. The van der Waals surface area contributed by atoms with E-state index < -0.39 is 0 Å². The molecule has 0 fully saturated rings. The first-order valence-electron chi connectivity index (χ1n) is 6.54. The minimum atomic E-state index is 0.375. The van der Waals surface area contributed by atoms with Crippen LogP contribution in [0.25, 0.3) is 0 Å². The number of aryl methyl sites for hydroxylation is 2. The van der Waals surface area contributed by atoms with Gasteiger partial charge in [-0.25, -0.2) is 0 Å². The summed E-state index contributed by atoms with van der Waals surface area (Å²) in [6.45, 7) is 13.0. The van der Waals surface area contributed by atoms with Gasteiger partial charge in [0.05, 0.1) is 0 Å². The molecule has 0 amide bonds. The molecule has 0 radical (unpaired) electrons. The third-order valence-electron chi connectivity index (χ3n) is 3.21. The Bertz CT molecular complexity index is 344. The molecule has 0 spiro atoms. The van der Waals surface area contributed by atoms with Gasteiger partial charge in [0.2, 0.25) is 0 Å². The Morgan fingerprint density at radius 3 is 2.35 bits per heavy atom. The van der Waals surface area contributed by atoms with Gasteiger partial charge in [0.15, 0.2) is 0 Å². The van der Waals surface area contributed by atoms with E-state index in [0.29, 0.717) is 18.6 Å². The molecule has 0 saturated heterocycles. The summed E-state index contributed by atoms with van der Waals surface area (Å²) in [4.78, 5) is 5.32. The smallest absolute Gasteiger partial charge is 0.0484 e. The van der Waals surface area contributed by atoms with Gasteiger partial charge in [0.1, 0.15) is 0 Å². The molecule has 1 heterocycles. The maximum Gasteiger partial charge on any atom is 0.0484 e. The highest BCUT2D eigenvalue weighted by Crippen LogP contribution is 2.30. The van der Waals surface area contributed by atoms with Crippen molar-refractivity contribution in [1.82, 2.24) is 4.90 Å². The van der Waals surface area contributed by atoms with E-state index in [2.05, 4.69) is 45.6 Å². The van der Waals surface area contributed by atoms with Gasteiger partial charge < -0.3 is 5.73 Å². The van der Waals surface area contributed by atoms with Crippen molar-refractivity contribution in [2.75, 3.05) is 13.1 Å². The van der Waals surface area contributed by atoms with E-state index in [4.69, 9.17) is 5.73 Å². The van der Waals surface area contributed by atoms with Gasteiger partial charge in [-0.05, 0) is 52.3 Å². The quantitative estimate of drug-likeness (QED) is 0.842. The predicted octanol–water partition coefficient (Wildman–Crippen LogP) is 3.49. The molecule has 2 N–H and O–H groups in total. The zero-order valence-corrected chi connectivity index (χ0v) is 12.6. The first-order valence-corrected chi connectivity index (χ1v) is 7.35. The highest BCUT2D eigenvalue weighted by Gasteiger charge is 2.23. The van der Waals surface area contributed by atoms with Crippen LogP contribution < -0.4 is 5.73 Å². The summed E-state index contributed by atoms with van der Waals surface area (Å²) >= 11 is 1.88. The van der Waals surface area contributed by atoms with Gasteiger partial charge >= 0.3 is 0 Å². The molecule has 1 rings (SSSR count). The minimum Gasteiger partial charge on any atom is -0.329 e. The van der Waals surface area contributed by atoms with E-state index in [1.165, 1.54) is 21.7 Å². The van der Waals surface area contributed by atoms with Crippen molar-refractivity contribution < 1.29 is 0 Å². The molecule has 2 nitrogen and oxygen atoms in total. The van der Waals surface area contributed by atoms with Gasteiger partial charge in [-0.1, -0.05) is 6.92 Å². The van der Waals surface area contributed by atoms with Crippen molar-refractivity contribution in [2.24, 2.45) is 5.73 Å². The highest BCUT2D eigenvalue weighted by atomic mass is 32.1. The molecule has 0 aromatic carbocycles. The molecule has 0 aliphatic rings. The summed E-state index contributed by atoms with van der Waals surface area (Å²) in [6.07, 6.45) is 1.18. The van der Waals surface area contributed by atoms with Crippen LogP contribution in [0, 0.1) is 13.8 Å². The van der Waals surface area contributed by atoms with Gasteiger partial charge in [-0.15, -0.1) is 11.3 Å². The zero-order valence-electron chi connectivity index (χ0n) is 11.8. The number of thiophene rings is 1. The second-order valence-corrected chi connectivity index (χ2v) is 6.41. The second-order valence-electron chi connectivity index (χ2n) is 4.95. The average molecular weight is 254 g/mol. The molecule has 1 unspecified atom stereocenters. The van der Waals surface area contributed by atoms with Gasteiger partial charge in [-0.2, -0.15) is 0 Å². The Morgan fingerprint density at radius 2 is 2.00 bits per heavy atom. The van der Waals surface area contributed by atoms with Crippen LogP contribution in [0.4, 0.5) is 0 Å². The number of nitrogens with zero attached hydrogens (tertiary/aromatic N) is 1. The molecule has 0 aliphatic carbocycles. The lowest BCUT2D eigenvalue weighted by atomic mass is 10.0. The monoisotopic (exact) mass is 254 g/mol. The third kappa shape index (κ3) is 3.54. The first-order chi connectivity index (χ1) is 8.01. The summed E-state index contributed by atoms with van der Waals surface area (Å²) in [7, 11) is 0. The number of rotatable bonds is 6. The molecule has 1 atom stereocenters. The Kier molecular flexibility index (Phi) is 5.63. The summed E-state index contributed by atoms with van der Waals surface area (Å²) in [5, 5.41) is 0. The van der Waals surface area contributed by atoms with Crippen LogP contribution in [0.15, 0.2) is 6.07 Å². The Hall–Kier alpha value is -0.380. The fourth-order valence-corrected chi connectivity index (χ4v) is 3.44. The number of nitrogens with two attached hydrogens (primary N) is 1. The minimum absolute atomic E-state index is 0.375. The molecule has 17 heavy (non-hydrogen) atoms. The normalized spacial score (nSPS) is 13.6. The molecule has 1 aromatic rings. The van der Waals surface area contributed by atoms with Gasteiger partial charge in [-0.3, -0.25) is 4.90 Å². The molecule has 1 aromatic heterocycles. The van der Waals surface area contributed by atoms with Crippen molar-refractivity contribution in [3.05, 3.63) is 21.4 Å². The zero-order chi connectivity index (χ0) is 13.0. The van der Waals surface area contributed by atoms with Crippen molar-refractivity contribution in [3.8, 4) is 0 Å². The van der Waals surface area contributed by atoms with Crippen molar-refractivity contribution >= 4 is 11.3 Å². The van der Waals surface area contributed by atoms with E-state index >= 15 is 0 Å². The molecule has 0 bridgehead atoms. The lowest BCUT2D eigenvalue weighted by molar-refractivity contribution is 0.157. The van der Waals surface area contributed by atoms with Crippen LogP contribution in [0.3, 0.4) is 0 Å². The van der Waals surface area contributed by atoms with Crippen molar-refractivity contribution in [2.45, 2.75) is 53.1 Å². The fraction of sp³-hybridized carbons (Fsp3) is 0.714. The summed E-state index contributed by atoms with van der Waals surface area (Å²) in [5.74, 6) is 0. The Balaban J connectivity index is 2.99. The highest BCUT2D eigenvalue weighted by molar-refractivity contribution is 7.12. The van der Waals surface area contributed by atoms with Crippen LogP contribution in [0.1, 0.15) is 48.6 Å². The van der Waals surface area contributed by atoms with Crippen LogP contribution in [-0.4, -0.2) is 24.0 Å². The van der Waals surface area contributed by atoms with Gasteiger partial charge in [0, 0.05) is 28.4 Å². The number of hydrogen-bond acceptors (Lipinski definition) is 3. The standard InChI is InChI=1S/C14H26N2S/c1-6-7-16(10(2)3)14(9-15)13-8-11(4)17-12(13)5/h8,10,14H,6-7,9,15H2,1-5H3. The van der Waals surface area contributed by atoms with Gasteiger partial charge in [0.25, 0.3) is 0 Å². The van der Waals surface area contributed by atoms with E-state index in [0.717, 1.165) is 6.54 Å². The SMILES string of the molecule is CCCN(C(C)C)C(CN)c1cc(C)sc1C. The fourth-order valence-electron chi connectivity index (χ4n) is 2.45. The maximum atomic E-state index is 6.01. The van der Waals surface area contributed by atoms with E-state index in [-0.39, 0.29) is 0 Å². The molecule has 0 aliphatic heterocycles. The Morgan fingerprint density at radius 1 is 1.35 bits per heavy atom. The molecule has 3 heteroatoms. The van der Waals surface area contributed by atoms with Crippen LogP contribution >= 0.6 is 11.3 Å². The van der Waals surface area contributed by atoms with Crippen molar-refractivity contribution in [1.29, 1.82) is 0 Å². The summed E-state index contributed by atoms with van der Waals surface area (Å²) < 4.78 is 0. The molecular formula is C14H26N2S. The second kappa shape index (κ2) is 6.53. The van der Waals surface area contributed by atoms with Crippen LogP contribution in [-0.2, 0) is 0 Å². The van der Waals surface area contributed by atoms with E-state index in [9.17, 15) is 0 Å². The summed E-state index contributed by atoms with van der Waals surface area (Å²) in [5.41, 5.74) is 7.44. The molecular weight excluding hydrogens is 228 g/mol. The predicted molar refractivity (Wildman–Crippen MR) is 77.7 cm³/mol. The largest absolute Gasteiger partial charge is 0.329 e. The van der Waals surface area contributed by atoms with Crippen molar-refractivity contribution in [3.63, 3.8) is 0 Å². The van der Waals surface area contributed by atoms with E-state index in [1.807, 2.05) is 11.3 Å². The Labute approximate surface area is 110 Å². The molecule has 0 saturated carbocycles. The summed E-state index contributed by atoms with van der Waals surface area (Å²) in [6, 6.07) is 3.23.